The summed E-state index contributed by atoms with van der Waals surface area (Å²) in [6.45, 7) is 11.3. The number of hydrogen-bond acceptors (Lipinski definition) is 6. The molecule has 4 aliphatic rings. The monoisotopic (exact) mass is 416 g/mol. The van der Waals surface area contributed by atoms with Crippen LogP contribution in [0.3, 0.4) is 0 Å². The highest BCUT2D eigenvalue weighted by Gasteiger charge is 2.76. The van der Waals surface area contributed by atoms with Crippen molar-refractivity contribution < 1.29 is 28.7 Å². The minimum absolute atomic E-state index is 0.0115. The summed E-state index contributed by atoms with van der Waals surface area (Å²) < 4.78 is 11.3. The third-order valence-electron chi connectivity index (χ3n) is 8.73. The molecule has 4 fully saturated rings. The fourth-order valence-electron chi connectivity index (χ4n) is 7.65. The van der Waals surface area contributed by atoms with E-state index in [4.69, 9.17) is 9.47 Å². The number of esters is 2. The molecule has 30 heavy (non-hydrogen) atoms. The lowest BCUT2D eigenvalue weighted by Crippen LogP contribution is -2.68. The third kappa shape index (κ3) is 2.61. The Morgan fingerprint density at radius 3 is 2.40 bits per heavy atom. The minimum Gasteiger partial charge on any atom is -0.465 e. The van der Waals surface area contributed by atoms with Gasteiger partial charge in [-0.05, 0) is 48.5 Å². The zero-order valence-electron chi connectivity index (χ0n) is 18.4. The maximum Gasteiger partial charge on any atom is 0.302 e. The van der Waals surface area contributed by atoms with Gasteiger partial charge < -0.3 is 9.47 Å². The van der Waals surface area contributed by atoms with Crippen molar-refractivity contribution in [2.24, 2.45) is 34.0 Å². The largest absolute Gasteiger partial charge is 0.465 e. The fraction of sp³-hybridized carbons (Fsp3) is 0.750. The molecule has 6 atom stereocenters. The lowest BCUT2D eigenvalue weighted by molar-refractivity contribution is -0.211. The highest BCUT2D eigenvalue weighted by atomic mass is 16.5. The smallest absolute Gasteiger partial charge is 0.302 e. The van der Waals surface area contributed by atoms with E-state index in [-0.39, 0.29) is 53.7 Å². The van der Waals surface area contributed by atoms with Crippen molar-refractivity contribution in [3.05, 3.63) is 12.2 Å². The average Bonchev–Trinajstić information content (AvgIpc) is 2.77. The molecule has 4 saturated carbocycles. The number of hydrogen-bond donors (Lipinski definition) is 0. The first-order valence-electron chi connectivity index (χ1n) is 11.1. The van der Waals surface area contributed by atoms with Crippen molar-refractivity contribution in [3.8, 4) is 0 Å². The van der Waals surface area contributed by atoms with Gasteiger partial charge in [0.25, 0.3) is 0 Å². The molecule has 0 aromatic rings. The van der Waals surface area contributed by atoms with Gasteiger partial charge in [-0.3, -0.25) is 19.2 Å². The molecule has 0 aromatic carbocycles. The quantitative estimate of drug-likeness (QED) is 0.398. The second-order valence-electron chi connectivity index (χ2n) is 10.5. The second-order valence-corrected chi connectivity index (χ2v) is 10.5. The Hall–Kier alpha value is -1.98. The molecule has 1 spiro atoms. The summed E-state index contributed by atoms with van der Waals surface area (Å²) >= 11 is 0. The molecule has 4 aliphatic carbocycles. The van der Waals surface area contributed by atoms with Crippen molar-refractivity contribution in [1.82, 2.24) is 0 Å². The first-order chi connectivity index (χ1) is 14.0. The summed E-state index contributed by atoms with van der Waals surface area (Å²) in [5, 5.41) is 0. The summed E-state index contributed by atoms with van der Waals surface area (Å²) in [7, 11) is 0. The van der Waals surface area contributed by atoms with E-state index < -0.39 is 22.9 Å². The van der Waals surface area contributed by atoms with Gasteiger partial charge in [0.1, 0.15) is 11.5 Å². The van der Waals surface area contributed by atoms with E-state index in [1.165, 1.54) is 13.8 Å². The molecule has 2 bridgehead atoms. The van der Waals surface area contributed by atoms with Gasteiger partial charge >= 0.3 is 11.9 Å². The second kappa shape index (κ2) is 6.76. The van der Waals surface area contributed by atoms with Crippen molar-refractivity contribution in [3.63, 3.8) is 0 Å². The summed E-state index contributed by atoms with van der Waals surface area (Å²) in [6.07, 6.45) is 3.51. The summed E-state index contributed by atoms with van der Waals surface area (Å²) in [5.41, 5.74) is -1.56. The van der Waals surface area contributed by atoms with Crippen molar-refractivity contribution in [1.29, 1.82) is 0 Å². The number of carbonyl (C=O) groups excluding carboxylic acids is 4. The maximum atomic E-state index is 13.8. The molecule has 4 rings (SSSR count). The first kappa shape index (κ1) is 21.3. The lowest BCUT2D eigenvalue weighted by Gasteiger charge is -2.63. The molecular weight excluding hydrogens is 384 g/mol. The van der Waals surface area contributed by atoms with Crippen LogP contribution in [0.1, 0.15) is 66.2 Å². The average molecular weight is 417 g/mol. The zero-order chi connectivity index (χ0) is 22.1. The molecule has 6 heteroatoms. The Morgan fingerprint density at radius 2 is 1.77 bits per heavy atom. The van der Waals surface area contributed by atoms with Gasteiger partial charge in [-0.1, -0.05) is 26.8 Å². The molecule has 0 aliphatic heterocycles. The summed E-state index contributed by atoms with van der Waals surface area (Å²) in [5.74, 6) is -1.83. The van der Waals surface area contributed by atoms with Crippen molar-refractivity contribution in [2.75, 3.05) is 6.61 Å². The van der Waals surface area contributed by atoms with E-state index in [1.807, 2.05) is 0 Å². The van der Waals surface area contributed by atoms with Crippen LogP contribution in [0.4, 0.5) is 0 Å². The number of ketones is 2. The summed E-state index contributed by atoms with van der Waals surface area (Å²) in [6, 6.07) is 0. The van der Waals surface area contributed by atoms with Gasteiger partial charge in [0.2, 0.25) is 0 Å². The summed E-state index contributed by atoms with van der Waals surface area (Å²) in [4.78, 5) is 51.2. The number of rotatable bonds is 3. The predicted octanol–water partition coefficient (Wildman–Crippen LogP) is 3.42. The minimum atomic E-state index is -1.38. The highest BCUT2D eigenvalue weighted by molar-refractivity contribution is 6.18. The zero-order valence-corrected chi connectivity index (χ0v) is 18.4. The topological polar surface area (TPSA) is 86.7 Å². The molecule has 6 nitrogen and oxygen atoms in total. The Bertz CT molecular complexity index is 841. The van der Waals surface area contributed by atoms with Gasteiger partial charge in [0.15, 0.2) is 11.6 Å². The third-order valence-corrected chi connectivity index (χ3v) is 8.73. The Balaban J connectivity index is 1.90. The standard InChI is InChI=1S/C24H32O6/c1-13-16-7-8-17-23(12-29-14(2)25)10-6-9-22(4,5)18(23)11-19(27)24(17,20(13)28)21(16)30-15(3)26/h16-18,21H,1,6-12H2,2-5H3/t16-,17-,18+,21+,23+,24-/m0/s1. The number of carbonyl (C=O) groups is 4. The van der Waals surface area contributed by atoms with E-state index in [0.29, 0.717) is 18.4 Å². The molecular formula is C24H32O6. The number of ether oxygens (including phenoxy) is 2. The molecule has 0 radical (unpaired) electrons. The fourth-order valence-corrected chi connectivity index (χ4v) is 7.65. The van der Waals surface area contributed by atoms with Crippen LogP contribution in [0.25, 0.3) is 0 Å². The molecule has 0 N–H and O–H groups in total. The lowest BCUT2D eigenvalue weighted by atomic mass is 9.40. The van der Waals surface area contributed by atoms with Crippen LogP contribution in [0, 0.1) is 34.0 Å². The van der Waals surface area contributed by atoms with E-state index in [0.717, 1.165) is 19.3 Å². The molecule has 0 amide bonds. The molecule has 164 valence electrons. The van der Waals surface area contributed by atoms with E-state index in [2.05, 4.69) is 20.4 Å². The maximum absolute atomic E-state index is 13.8. The number of fused-ring (bicyclic) bond motifs is 3. The van der Waals surface area contributed by atoms with Gasteiger partial charge in [0.05, 0.1) is 6.61 Å². The Morgan fingerprint density at radius 1 is 1.07 bits per heavy atom. The van der Waals surface area contributed by atoms with E-state index in [9.17, 15) is 19.2 Å². The predicted molar refractivity (Wildman–Crippen MR) is 108 cm³/mol. The van der Waals surface area contributed by atoms with Gasteiger partial charge in [0, 0.05) is 31.6 Å². The van der Waals surface area contributed by atoms with Crippen LogP contribution < -0.4 is 0 Å². The Kier molecular flexibility index (Phi) is 4.79. The molecule has 0 heterocycles. The molecule has 0 aromatic heterocycles. The van der Waals surface area contributed by atoms with Gasteiger partial charge in [-0.25, -0.2) is 0 Å². The van der Waals surface area contributed by atoms with E-state index >= 15 is 0 Å². The van der Waals surface area contributed by atoms with Crippen LogP contribution in [-0.2, 0) is 28.7 Å². The number of Topliss-reactive ketones (excluding diaryl/α,β-unsaturated/α-hetero) is 2. The van der Waals surface area contributed by atoms with Crippen molar-refractivity contribution >= 4 is 23.5 Å². The van der Waals surface area contributed by atoms with Crippen LogP contribution in [0.15, 0.2) is 12.2 Å². The van der Waals surface area contributed by atoms with Crippen LogP contribution in [-0.4, -0.2) is 36.2 Å². The van der Waals surface area contributed by atoms with Crippen molar-refractivity contribution in [2.45, 2.75) is 72.3 Å². The SMILES string of the molecule is C=C1C(=O)[C@@]23C(=O)C[C@@H]4C(C)(C)CCC[C@@]4(COC(C)=O)[C@@H]2CC[C@@H]1[C@H]3OC(C)=O. The highest BCUT2D eigenvalue weighted by Crippen LogP contribution is 2.70. The van der Waals surface area contributed by atoms with Crippen LogP contribution in [0.5, 0.6) is 0 Å². The Labute approximate surface area is 177 Å². The molecule has 0 saturated heterocycles. The van der Waals surface area contributed by atoms with Crippen LogP contribution >= 0.6 is 0 Å². The first-order valence-corrected chi connectivity index (χ1v) is 11.1. The van der Waals surface area contributed by atoms with Crippen LogP contribution in [0.2, 0.25) is 0 Å². The molecule has 0 unspecified atom stereocenters. The van der Waals surface area contributed by atoms with Gasteiger partial charge in [-0.15, -0.1) is 0 Å². The van der Waals surface area contributed by atoms with Gasteiger partial charge in [-0.2, -0.15) is 0 Å². The van der Waals surface area contributed by atoms with E-state index in [1.54, 1.807) is 0 Å². The normalized spacial score (nSPS) is 41.7.